The van der Waals surface area contributed by atoms with Crippen molar-refractivity contribution in [3.8, 4) is 11.5 Å². The number of nitrogens with zero attached hydrogens (tertiary/aromatic N) is 1. The highest BCUT2D eigenvalue weighted by Gasteiger charge is 2.38. The van der Waals surface area contributed by atoms with E-state index in [1.807, 2.05) is 0 Å². The van der Waals surface area contributed by atoms with Crippen LogP contribution in [0.2, 0.25) is 0 Å². The molecular formula is C21H25NO6. The molecule has 7 heteroatoms. The molecule has 0 N–H and O–H groups in total. The first-order valence-electron chi connectivity index (χ1n) is 9.17. The molecule has 0 unspecified atom stereocenters. The Morgan fingerprint density at radius 2 is 2.07 bits per heavy atom. The van der Waals surface area contributed by atoms with Gasteiger partial charge in [-0.1, -0.05) is 12.1 Å². The largest absolute Gasteiger partial charge is 0.493 e. The molecule has 1 fully saturated rings. The van der Waals surface area contributed by atoms with Gasteiger partial charge in [-0.2, -0.15) is 0 Å². The highest BCUT2D eigenvalue weighted by molar-refractivity contribution is 6.16. The van der Waals surface area contributed by atoms with Gasteiger partial charge < -0.3 is 23.8 Å². The second-order valence-electron chi connectivity index (χ2n) is 6.64. The van der Waals surface area contributed by atoms with Crippen LogP contribution in [0.5, 0.6) is 11.5 Å². The lowest BCUT2D eigenvalue weighted by atomic mass is 10.0. The van der Waals surface area contributed by atoms with Crippen LogP contribution >= 0.6 is 0 Å². The average Bonchev–Trinajstić information content (AvgIpc) is 3.30. The van der Waals surface area contributed by atoms with Crippen LogP contribution in [0, 0.1) is 0 Å². The predicted molar refractivity (Wildman–Crippen MR) is 103 cm³/mol. The van der Waals surface area contributed by atoms with Gasteiger partial charge in [-0.15, -0.1) is 0 Å². The number of amides is 1. The fourth-order valence-electron chi connectivity index (χ4n) is 3.62. The molecule has 1 atom stereocenters. The average molecular weight is 387 g/mol. The molecule has 150 valence electrons. The van der Waals surface area contributed by atoms with Gasteiger partial charge in [0.1, 0.15) is 0 Å². The Kier molecular flexibility index (Phi) is 6.04. The van der Waals surface area contributed by atoms with Crippen LogP contribution < -0.4 is 9.47 Å². The minimum Gasteiger partial charge on any atom is -0.493 e. The number of hydrogen-bond acceptors (Lipinski definition) is 6. The Hall–Kier alpha value is -2.80. The van der Waals surface area contributed by atoms with E-state index in [1.54, 1.807) is 43.2 Å². The summed E-state index contributed by atoms with van der Waals surface area (Å²) in [6.07, 6.45) is 3.49. The first-order chi connectivity index (χ1) is 13.5. The van der Waals surface area contributed by atoms with E-state index < -0.39 is 5.97 Å². The summed E-state index contributed by atoms with van der Waals surface area (Å²) in [7, 11) is 4.38. The summed E-state index contributed by atoms with van der Waals surface area (Å²) in [6, 6.07) is 5.36. The Bertz CT molecular complexity index is 835. The third kappa shape index (κ3) is 3.62. The molecule has 1 saturated heterocycles. The highest BCUT2D eigenvalue weighted by Crippen LogP contribution is 2.37. The Labute approximate surface area is 164 Å². The van der Waals surface area contributed by atoms with Crippen molar-refractivity contribution in [3.63, 3.8) is 0 Å². The van der Waals surface area contributed by atoms with Crippen molar-refractivity contribution in [2.24, 2.45) is 0 Å². The third-order valence-corrected chi connectivity index (χ3v) is 5.04. The van der Waals surface area contributed by atoms with Gasteiger partial charge in [-0.25, -0.2) is 4.79 Å². The molecule has 0 bridgehead atoms. The third-order valence-electron chi connectivity index (χ3n) is 5.04. The number of ether oxygens (including phenoxy) is 4. The van der Waals surface area contributed by atoms with Crippen molar-refractivity contribution in [1.82, 2.24) is 4.90 Å². The SMILES string of the molecule is COC(=O)C1=C(C)N(C[C@H]2CCCO2)C(=O)/C1=C\c1cccc(OC)c1OC. The maximum absolute atomic E-state index is 13.2. The van der Waals surface area contributed by atoms with Crippen LogP contribution in [-0.2, 0) is 19.1 Å². The van der Waals surface area contributed by atoms with Crippen molar-refractivity contribution >= 4 is 18.0 Å². The van der Waals surface area contributed by atoms with E-state index >= 15 is 0 Å². The fraction of sp³-hybridized carbons (Fsp3) is 0.429. The molecule has 1 aromatic carbocycles. The fourth-order valence-corrected chi connectivity index (χ4v) is 3.62. The van der Waals surface area contributed by atoms with E-state index in [0.29, 0.717) is 35.9 Å². The molecule has 2 aliphatic rings. The van der Waals surface area contributed by atoms with Crippen LogP contribution in [0.4, 0.5) is 0 Å². The van der Waals surface area contributed by atoms with Gasteiger partial charge in [-0.3, -0.25) is 4.79 Å². The van der Waals surface area contributed by atoms with Gasteiger partial charge in [0, 0.05) is 17.9 Å². The number of carbonyl (C=O) groups is 2. The minimum atomic E-state index is -0.547. The number of hydrogen-bond donors (Lipinski definition) is 0. The van der Waals surface area contributed by atoms with Crippen molar-refractivity contribution < 1.29 is 28.5 Å². The number of rotatable bonds is 6. The first kappa shape index (κ1) is 19.9. The molecule has 2 heterocycles. The molecule has 0 aromatic heterocycles. The molecule has 3 rings (SSSR count). The number of methoxy groups -OCH3 is 3. The lowest BCUT2D eigenvalue weighted by Gasteiger charge is -2.21. The van der Waals surface area contributed by atoms with Crippen molar-refractivity contribution in [3.05, 3.63) is 40.6 Å². The number of para-hydroxylation sites is 1. The molecule has 28 heavy (non-hydrogen) atoms. The molecule has 7 nitrogen and oxygen atoms in total. The normalized spacial score (nSPS) is 20.9. The maximum atomic E-state index is 13.2. The number of benzene rings is 1. The summed E-state index contributed by atoms with van der Waals surface area (Å²) in [5.74, 6) is 0.232. The van der Waals surface area contributed by atoms with Gasteiger partial charge in [0.25, 0.3) is 5.91 Å². The summed E-state index contributed by atoms with van der Waals surface area (Å²) in [5, 5.41) is 0. The minimum absolute atomic E-state index is 0.0245. The summed E-state index contributed by atoms with van der Waals surface area (Å²) in [6.45, 7) is 2.86. The van der Waals surface area contributed by atoms with Gasteiger partial charge in [0.2, 0.25) is 0 Å². The second-order valence-corrected chi connectivity index (χ2v) is 6.64. The molecule has 0 saturated carbocycles. The van der Waals surface area contributed by atoms with E-state index in [-0.39, 0.29) is 23.2 Å². The van der Waals surface area contributed by atoms with Crippen LogP contribution in [0.3, 0.4) is 0 Å². The van der Waals surface area contributed by atoms with Gasteiger partial charge in [0.05, 0.1) is 45.1 Å². The van der Waals surface area contributed by atoms with E-state index in [2.05, 4.69) is 0 Å². The first-order valence-corrected chi connectivity index (χ1v) is 9.17. The van der Waals surface area contributed by atoms with E-state index in [0.717, 1.165) is 12.8 Å². The highest BCUT2D eigenvalue weighted by atomic mass is 16.5. The Balaban J connectivity index is 2.04. The van der Waals surface area contributed by atoms with Crippen LogP contribution in [0.25, 0.3) is 6.08 Å². The quantitative estimate of drug-likeness (QED) is 0.552. The molecular weight excluding hydrogens is 362 g/mol. The predicted octanol–water partition coefficient (Wildman–Crippen LogP) is 2.56. The van der Waals surface area contributed by atoms with Crippen molar-refractivity contribution in [2.75, 3.05) is 34.5 Å². The number of esters is 1. The van der Waals surface area contributed by atoms with E-state index in [1.165, 1.54) is 14.2 Å². The monoisotopic (exact) mass is 387 g/mol. The Morgan fingerprint density at radius 1 is 1.29 bits per heavy atom. The molecule has 1 aromatic rings. The van der Waals surface area contributed by atoms with Crippen molar-refractivity contribution in [1.29, 1.82) is 0 Å². The topological polar surface area (TPSA) is 74.3 Å². The second kappa shape index (κ2) is 8.48. The van der Waals surface area contributed by atoms with Crippen LogP contribution in [0.15, 0.2) is 35.0 Å². The summed E-state index contributed by atoms with van der Waals surface area (Å²) in [5.41, 5.74) is 1.74. The summed E-state index contributed by atoms with van der Waals surface area (Å²) in [4.78, 5) is 27.2. The van der Waals surface area contributed by atoms with Crippen molar-refractivity contribution in [2.45, 2.75) is 25.9 Å². The lowest BCUT2D eigenvalue weighted by molar-refractivity contribution is -0.136. The van der Waals surface area contributed by atoms with Crippen LogP contribution in [0.1, 0.15) is 25.3 Å². The lowest BCUT2D eigenvalue weighted by Crippen LogP contribution is -2.33. The smallest absolute Gasteiger partial charge is 0.340 e. The van der Waals surface area contributed by atoms with E-state index in [4.69, 9.17) is 18.9 Å². The van der Waals surface area contributed by atoms with Crippen LogP contribution in [-0.4, -0.2) is 57.4 Å². The molecule has 2 aliphatic heterocycles. The molecule has 0 radical (unpaired) electrons. The standard InChI is InChI=1S/C21H25NO6/c1-13-18(21(24)27-4)16(20(23)22(13)12-15-8-6-10-28-15)11-14-7-5-9-17(25-2)19(14)26-3/h5,7,9,11,15H,6,8,10,12H2,1-4H3/b16-11-/t15-/m1/s1. The zero-order valence-electron chi connectivity index (χ0n) is 16.6. The molecule has 1 amide bonds. The maximum Gasteiger partial charge on any atom is 0.340 e. The van der Waals surface area contributed by atoms with Gasteiger partial charge in [0.15, 0.2) is 11.5 Å². The van der Waals surface area contributed by atoms with E-state index in [9.17, 15) is 9.59 Å². The number of allylic oxidation sites excluding steroid dienone is 1. The summed E-state index contributed by atoms with van der Waals surface area (Å²) >= 11 is 0. The number of carbonyl (C=O) groups excluding carboxylic acids is 2. The van der Waals surface area contributed by atoms with Gasteiger partial charge >= 0.3 is 5.97 Å². The molecule has 0 spiro atoms. The zero-order valence-corrected chi connectivity index (χ0v) is 16.6. The summed E-state index contributed by atoms with van der Waals surface area (Å²) < 4.78 is 21.4. The van der Waals surface area contributed by atoms with Gasteiger partial charge in [-0.05, 0) is 31.9 Å². The zero-order chi connectivity index (χ0) is 20.3. The molecule has 0 aliphatic carbocycles. The Morgan fingerprint density at radius 3 is 2.68 bits per heavy atom.